The summed E-state index contributed by atoms with van der Waals surface area (Å²) in [4.78, 5) is 13.9. The summed E-state index contributed by atoms with van der Waals surface area (Å²) >= 11 is 0. The Kier molecular flexibility index (Phi) is 6.75. The number of carbonyl (C=O) groups excluding carboxylic acids is 1. The SMILES string of the molecule is CC1CNCCN1C(=O)CCOc1ccc(F)cc1.Cl. The third-order valence-electron chi connectivity index (χ3n) is 3.22. The second kappa shape index (κ2) is 8.07. The first-order valence-electron chi connectivity index (χ1n) is 6.55. The molecule has 0 spiro atoms. The van der Waals surface area contributed by atoms with Crippen molar-refractivity contribution in [3.8, 4) is 5.75 Å². The number of nitrogens with one attached hydrogen (secondary N) is 1. The Hall–Kier alpha value is -1.33. The van der Waals surface area contributed by atoms with Crippen LogP contribution in [-0.4, -0.2) is 43.1 Å². The first kappa shape index (κ1) is 16.7. The molecule has 6 heteroatoms. The van der Waals surface area contributed by atoms with E-state index >= 15 is 0 Å². The summed E-state index contributed by atoms with van der Waals surface area (Å²) in [6.07, 6.45) is 0.349. The van der Waals surface area contributed by atoms with Gasteiger partial charge in [-0.3, -0.25) is 4.79 Å². The molecule has 112 valence electrons. The van der Waals surface area contributed by atoms with E-state index in [1.54, 1.807) is 12.1 Å². The van der Waals surface area contributed by atoms with E-state index in [2.05, 4.69) is 5.32 Å². The molecule has 1 saturated heterocycles. The summed E-state index contributed by atoms with van der Waals surface area (Å²) in [5.41, 5.74) is 0. The van der Waals surface area contributed by atoms with Crippen LogP contribution in [0.15, 0.2) is 24.3 Å². The molecule has 0 aromatic heterocycles. The van der Waals surface area contributed by atoms with Crippen molar-refractivity contribution in [2.24, 2.45) is 0 Å². The minimum absolute atomic E-state index is 0. The fourth-order valence-corrected chi connectivity index (χ4v) is 2.14. The van der Waals surface area contributed by atoms with E-state index < -0.39 is 0 Å². The van der Waals surface area contributed by atoms with Crippen molar-refractivity contribution in [3.05, 3.63) is 30.1 Å². The fraction of sp³-hybridized carbons (Fsp3) is 0.500. The van der Waals surface area contributed by atoms with Gasteiger partial charge in [0, 0.05) is 25.7 Å². The molecular weight excluding hydrogens is 283 g/mol. The lowest BCUT2D eigenvalue weighted by Gasteiger charge is -2.34. The summed E-state index contributed by atoms with van der Waals surface area (Å²) in [6, 6.07) is 6.04. The average molecular weight is 303 g/mol. The molecule has 20 heavy (non-hydrogen) atoms. The maximum atomic E-state index is 12.7. The van der Waals surface area contributed by atoms with E-state index in [1.807, 2.05) is 11.8 Å². The number of amides is 1. The number of ether oxygens (including phenoxy) is 1. The van der Waals surface area contributed by atoms with E-state index in [9.17, 15) is 9.18 Å². The van der Waals surface area contributed by atoms with Crippen LogP contribution in [0.5, 0.6) is 5.75 Å². The molecule has 1 aromatic rings. The molecule has 4 nitrogen and oxygen atoms in total. The van der Waals surface area contributed by atoms with Crippen molar-refractivity contribution < 1.29 is 13.9 Å². The number of piperazine rings is 1. The van der Waals surface area contributed by atoms with Crippen LogP contribution in [0.25, 0.3) is 0 Å². The number of rotatable bonds is 4. The fourth-order valence-electron chi connectivity index (χ4n) is 2.14. The van der Waals surface area contributed by atoms with Gasteiger partial charge in [0.25, 0.3) is 0 Å². The van der Waals surface area contributed by atoms with Crippen LogP contribution in [-0.2, 0) is 4.79 Å². The molecule has 2 rings (SSSR count). The monoisotopic (exact) mass is 302 g/mol. The smallest absolute Gasteiger partial charge is 0.226 e. The van der Waals surface area contributed by atoms with Crippen LogP contribution in [0.2, 0.25) is 0 Å². The third kappa shape index (κ3) is 4.65. The van der Waals surface area contributed by atoms with E-state index in [0.29, 0.717) is 18.8 Å². The molecule has 1 amide bonds. The van der Waals surface area contributed by atoms with Crippen molar-refractivity contribution in [2.45, 2.75) is 19.4 Å². The predicted octanol–water partition coefficient (Wildman–Crippen LogP) is 1.84. The van der Waals surface area contributed by atoms with Crippen molar-refractivity contribution in [1.82, 2.24) is 10.2 Å². The first-order chi connectivity index (χ1) is 9.16. The van der Waals surface area contributed by atoms with Gasteiger partial charge in [-0.1, -0.05) is 0 Å². The molecule has 1 aliphatic rings. The van der Waals surface area contributed by atoms with Gasteiger partial charge in [-0.15, -0.1) is 12.4 Å². The molecule has 1 fully saturated rings. The second-order valence-electron chi connectivity index (χ2n) is 4.69. The standard InChI is InChI=1S/C14H19FN2O2.ClH/c1-11-10-16-7-8-17(11)14(18)6-9-19-13-4-2-12(15)3-5-13;/h2-5,11,16H,6-10H2,1H3;1H. The minimum Gasteiger partial charge on any atom is -0.493 e. The van der Waals surface area contributed by atoms with Crippen LogP contribution in [0.1, 0.15) is 13.3 Å². The Balaban J connectivity index is 0.00000200. The number of hydrogen-bond donors (Lipinski definition) is 1. The molecule has 0 saturated carbocycles. The van der Waals surface area contributed by atoms with Gasteiger partial charge in [-0.25, -0.2) is 4.39 Å². The zero-order valence-corrected chi connectivity index (χ0v) is 12.3. The van der Waals surface area contributed by atoms with Crippen molar-refractivity contribution in [1.29, 1.82) is 0 Å². The lowest BCUT2D eigenvalue weighted by Crippen LogP contribution is -2.52. The number of hydrogen-bond acceptors (Lipinski definition) is 3. The highest BCUT2D eigenvalue weighted by molar-refractivity contribution is 5.85. The van der Waals surface area contributed by atoms with Gasteiger partial charge in [-0.2, -0.15) is 0 Å². The largest absolute Gasteiger partial charge is 0.493 e. The Morgan fingerprint density at radius 1 is 1.45 bits per heavy atom. The number of benzene rings is 1. The molecular formula is C14H20ClFN2O2. The zero-order valence-electron chi connectivity index (χ0n) is 11.5. The molecule has 0 bridgehead atoms. The van der Waals surface area contributed by atoms with Gasteiger partial charge in [0.05, 0.1) is 13.0 Å². The molecule has 1 N–H and O–H groups in total. The predicted molar refractivity (Wildman–Crippen MR) is 77.8 cm³/mol. The number of nitrogens with zero attached hydrogens (tertiary/aromatic N) is 1. The quantitative estimate of drug-likeness (QED) is 0.923. The normalized spacial score (nSPS) is 18.3. The molecule has 1 aliphatic heterocycles. The van der Waals surface area contributed by atoms with Crippen LogP contribution in [0, 0.1) is 5.82 Å². The number of halogens is 2. The van der Waals surface area contributed by atoms with Gasteiger partial charge in [0.2, 0.25) is 5.91 Å². The summed E-state index contributed by atoms with van der Waals surface area (Å²) < 4.78 is 18.1. The minimum atomic E-state index is -0.293. The van der Waals surface area contributed by atoms with Gasteiger partial charge in [0.15, 0.2) is 0 Å². The van der Waals surface area contributed by atoms with Crippen molar-refractivity contribution in [2.75, 3.05) is 26.2 Å². The average Bonchev–Trinajstić information content (AvgIpc) is 2.41. The number of carbonyl (C=O) groups is 1. The van der Waals surface area contributed by atoms with Crippen LogP contribution in [0.4, 0.5) is 4.39 Å². The van der Waals surface area contributed by atoms with Crippen LogP contribution < -0.4 is 10.1 Å². The Morgan fingerprint density at radius 3 is 2.80 bits per heavy atom. The summed E-state index contributed by atoms with van der Waals surface area (Å²) in [5, 5.41) is 3.25. The molecule has 0 aliphatic carbocycles. The Morgan fingerprint density at radius 2 is 2.15 bits per heavy atom. The Labute approximate surface area is 124 Å². The van der Waals surface area contributed by atoms with Crippen LogP contribution in [0.3, 0.4) is 0 Å². The summed E-state index contributed by atoms with van der Waals surface area (Å²) in [5.74, 6) is 0.400. The van der Waals surface area contributed by atoms with Crippen molar-refractivity contribution in [3.63, 3.8) is 0 Å². The lowest BCUT2D eigenvalue weighted by molar-refractivity contribution is -0.134. The maximum absolute atomic E-state index is 12.7. The first-order valence-corrected chi connectivity index (χ1v) is 6.55. The molecule has 1 aromatic carbocycles. The van der Waals surface area contributed by atoms with E-state index in [1.165, 1.54) is 12.1 Å². The van der Waals surface area contributed by atoms with E-state index in [-0.39, 0.29) is 30.2 Å². The highest BCUT2D eigenvalue weighted by Gasteiger charge is 2.22. The maximum Gasteiger partial charge on any atom is 0.226 e. The summed E-state index contributed by atoms with van der Waals surface area (Å²) in [6.45, 7) is 4.78. The molecule has 1 unspecified atom stereocenters. The highest BCUT2D eigenvalue weighted by Crippen LogP contribution is 2.12. The summed E-state index contributed by atoms with van der Waals surface area (Å²) in [7, 11) is 0. The van der Waals surface area contributed by atoms with E-state index in [4.69, 9.17) is 4.74 Å². The van der Waals surface area contributed by atoms with Gasteiger partial charge in [0.1, 0.15) is 11.6 Å². The second-order valence-corrected chi connectivity index (χ2v) is 4.69. The van der Waals surface area contributed by atoms with Crippen LogP contribution >= 0.6 is 12.4 Å². The Bertz CT molecular complexity index is 428. The molecule has 1 atom stereocenters. The van der Waals surface area contributed by atoms with Gasteiger partial charge < -0.3 is 15.0 Å². The zero-order chi connectivity index (χ0) is 13.7. The lowest BCUT2D eigenvalue weighted by atomic mass is 10.2. The van der Waals surface area contributed by atoms with Gasteiger partial charge >= 0.3 is 0 Å². The van der Waals surface area contributed by atoms with E-state index in [0.717, 1.165) is 19.6 Å². The third-order valence-corrected chi connectivity index (χ3v) is 3.22. The highest BCUT2D eigenvalue weighted by atomic mass is 35.5. The van der Waals surface area contributed by atoms with Crippen molar-refractivity contribution >= 4 is 18.3 Å². The molecule has 1 heterocycles. The molecule has 0 radical (unpaired) electrons. The topological polar surface area (TPSA) is 41.6 Å². The van der Waals surface area contributed by atoms with Gasteiger partial charge in [-0.05, 0) is 31.2 Å².